The van der Waals surface area contributed by atoms with E-state index in [1.54, 1.807) is 0 Å². The number of hydrogen-bond donors (Lipinski definition) is 1. The molecule has 1 aromatic heterocycles. The molecule has 0 aliphatic carbocycles. The molecule has 2 heterocycles. The Kier molecular flexibility index (Phi) is 5.05. The van der Waals surface area contributed by atoms with Gasteiger partial charge in [0.1, 0.15) is 5.60 Å². The van der Waals surface area contributed by atoms with E-state index in [0.29, 0.717) is 19.7 Å². The van der Waals surface area contributed by atoms with Crippen LogP contribution < -0.4 is 5.32 Å². The third kappa shape index (κ3) is 3.60. The van der Waals surface area contributed by atoms with Gasteiger partial charge in [-0.05, 0) is 39.3 Å². The van der Waals surface area contributed by atoms with Gasteiger partial charge < -0.3 is 14.8 Å². The van der Waals surface area contributed by atoms with E-state index in [1.807, 2.05) is 58.2 Å². The number of carbonyl (C=O) groups is 2. The minimum Gasteiger partial charge on any atom is -0.466 e. The Hall–Kier alpha value is -2.34. The van der Waals surface area contributed by atoms with Crippen molar-refractivity contribution in [1.29, 1.82) is 0 Å². The van der Waals surface area contributed by atoms with E-state index >= 15 is 0 Å². The average molecular weight is 358 g/mol. The number of esters is 1. The van der Waals surface area contributed by atoms with Gasteiger partial charge in [-0.25, -0.2) is 4.79 Å². The lowest BCUT2D eigenvalue weighted by Crippen LogP contribution is -2.27. The van der Waals surface area contributed by atoms with Crippen LogP contribution in [0.1, 0.15) is 39.2 Å². The number of nitrogens with zero attached hydrogens (tertiary/aromatic N) is 1. The van der Waals surface area contributed by atoms with Crippen molar-refractivity contribution in [2.24, 2.45) is 5.92 Å². The lowest BCUT2D eigenvalue weighted by Gasteiger charge is -2.19. The fourth-order valence-electron chi connectivity index (χ4n) is 3.47. The fraction of sp³-hybridized carbons (Fsp3) is 0.500. The molecule has 0 radical (unpaired) electrons. The molecule has 140 valence electrons. The second-order valence-electron chi connectivity index (χ2n) is 7.58. The molecule has 0 bridgehead atoms. The highest BCUT2D eigenvalue weighted by Gasteiger charge is 2.37. The Morgan fingerprint density at radius 2 is 1.96 bits per heavy atom. The highest BCUT2D eigenvalue weighted by Crippen LogP contribution is 2.35. The summed E-state index contributed by atoms with van der Waals surface area (Å²) in [5.41, 5.74) is 1.17. The zero-order valence-corrected chi connectivity index (χ0v) is 15.7. The van der Waals surface area contributed by atoms with Gasteiger partial charge in [0.15, 0.2) is 0 Å². The molecular formula is C20H26N2O4. The van der Waals surface area contributed by atoms with Crippen LogP contribution in [0.3, 0.4) is 0 Å². The summed E-state index contributed by atoms with van der Waals surface area (Å²) in [5.74, 6) is -0.493. The molecule has 6 heteroatoms. The molecule has 1 N–H and O–H groups in total. The van der Waals surface area contributed by atoms with Gasteiger partial charge in [-0.3, -0.25) is 9.36 Å². The number of aromatic nitrogens is 1. The van der Waals surface area contributed by atoms with Crippen LogP contribution in [0.2, 0.25) is 0 Å². The lowest BCUT2D eigenvalue weighted by atomic mass is 9.89. The maximum atomic E-state index is 12.7. The van der Waals surface area contributed by atoms with Crippen molar-refractivity contribution < 1.29 is 19.1 Å². The Bertz CT molecular complexity index is 819. The molecule has 1 aromatic carbocycles. The molecule has 0 saturated carbocycles. The predicted molar refractivity (Wildman–Crippen MR) is 99.3 cm³/mol. The Balaban J connectivity index is 2.02. The lowest BCUT2D eigenvalue weighted by molar-refractivity contribution is -0.147. The maximum Gasteiger partial charge on any atom is 0.419 e. The van der Waals surface area contributed by atoms with E-state index in [-0.39, 0.29) is 17.8 Å². The van der Waals surface area contributed by atoms with Crippen LogP contribution in [0.15, 0.2) is 30.5 Å². The number of nitrogens with one attached hydrogen (secondary N) is 1. The molecule has 6 nitrogen and oxygen atoms in total. The first-order chi connectivity index (χ1) is 12.3. The first-order valence-corrected chi connectivity index (χ1v) is 9.02. The zero-order valence-electron chi connectivity index (χ0n) is 15.7. The van der Waals surface area contributed by atoms with E-state index in [4.69, 9.17) is 9.47 Å². The van der Waals surface area contributed by atoms with E-state index < -0.39 is 11.7 Å². The molecule has 2 unspecified atom stereocenters. The van der Waals surface area contributed by atoms with Crippen molar-refractivity contribution >= 4 is 23.0 Å². The fourth-order valence-corrected chi connectivity index (χ4v) is 3.47. The summed E-state index contributed by atoms with van der Waals surface area (Å²) in [6.45, 7) is 8.95. The van der Waals surface area contributed by atoms with Gasteiger partial charge in [0.2, 0.25) is 0 Å². The minimum absolute atomic E-state index is 0.0392. The smallest absolute Gasteiger partial charge is 0.419 e. The van der Waals surface area contributed by atoms with E-state index in [1.165, 1.54) is 4.57 Å². The molecule has 1 fully saturated rings. The summed E-state index contributed by atoms with van der Waals surface area (Å²) < 4.78 is 12.3. The molecule has 1 aliphatic rings. The van der Waals surface area contributed by atoms with Crippen molar-refractivity contribution in [1.82, 2.24) is 9.88 Å². The molecule has 0 amide bonds. The Morgan fingerprint density at radius 3 is 2.65 bits per heavy atom. The zero-order chi connectivity index (χ0) is 18.9. The van der Waals surface area contributed by atoms with Crippen LogP contribution >= 0.6 is 0 Å². The van der Waals surface area contributed by atoms with Crippen molar-refractivity contribution in [2.75, 3.05) is 19.7 Å². The van der Waals surface area contributed by atoms with E-state index in [0.717, 1.165) is 16.5 Å². The summed E-state index contributed by atoms with van der Waals surface area (Å²) in [4.78, 5) is 25.0. The number of benzene rings is 1. The van der Waals surface area contributed by atoms with Gasteiger partial charge in [-0.2, -0.15) is 0 Å². The number of ether oxygens (including phenoxy) is 2. The Morgan fingerprint density at radius 1 is 1.23 bits per heavy atom. The summed E-state index contributed by atoms with van der Waals surface area (Å²) in [5, 5.41) is 4.23. The predicted octanol–water partition coefficient (Wildman–Crippen LogP) is 3.29. The summed E-state index contributed by atoms with van der Waals surface area (Å²) >= 11 is 0. The van der Waals surface area contributed by atoms with Crippen LogP contribution in [-0.4, -0.2) is 41.9 Å². The number of fused-ring (bicyclic) bond motifs is 1. The number of carbonyl (C=O) groups excluding carboxylic acids is 2. The first kappa shape index (κ1) is 18.5. The van der Waals surface area contributed by atoms with Gasteiger partial charge in [0, 0.05) is 30.6 Å². The van der Waals surface area contributed by atoms with Crippen molar-refractivity contribution in [3.05, 3.63) is 36.0 Å². The van der Waals surface area contributed by atoms with Gasteiger partial charge >= 0.3 is 12.1 Å². The molecule has 0 spiro atoms. The largest absolute Gasteiger partial charge is 0.466 e. The second kappa shape index (κ2) is 7.11. The van der Waals surface area contributed by atoms with Gasteiger partial charge in [-0.1, -0.05) is 18.2 Å². The van der Waals surface area contributed by atoms with Crippen molar-refractivity contribution in [2.45, 2.75) is 39.2 Å². The van der Waals surface area contributed by atoms with Crippen LogP contribution in [0, 0.1) is 5.92 Å². The summed E-state index contributed by atoms with van der Waals surface area (Å²) in [6, 6.07) is 7.70. The van der Waals surface area contributed by atoms with Crippen LogP contribution in [0.4, 0.5) is 4.79 Å². The molecule has 3 rings (SSSR count). The second-order valence-corrected chi connectivity index (χ2v) is 7.58. The average Bonchev–Trinajstić information content (AvgIpc) is 3.18. The third-order valence-corrected chi connectivity index (χ3v) is 4.54. The van der Waals surface area contributed by atoms with Crippen molar-refractivity contribution in [3.8, 4) is 0 Å². The van der Waals surface area contributed by atoms with Crippen LogP contribution in [-0.2, 0) is 14.3 Å². The Labute approximate surface area is 153 Å². The number of rotatable bonds is 3. The van der Waals surface area contributed by atoms with Crippen LogP contribution in [0.5, 0.6) is 0 Å². The SMILES string of the molecule is CCOC(=O)C1CNCC1c1cn(C(=O)OC(C)(C)C)c2ccccc12. The highest BCUT2D eigenvalue weighted by atomic mass is 16.6. The van der Waals surface area contributed by atoms with Crippen molar-refractivity contribution in [3.63, 3.8) is 0 Å². The standard InChI is InChI=1S/C20H26N2O4/c1-5-25-18(23)15-11-21-10-14(15)16-12-22(19(24)26-20(2,3)4)17-9-7-6-8-13(16)17/h6-9,12,14-15,21H,5,10-11H2,1-4H3. The molecule has 2 aromatic rings. The maximum absolute atomic E-state index is 12.7. The molecule has 26 heavy (non-hydrogen) atoms. The number of hydrogen-bond acceptors (Lipinski definition) is 5. The molecule has 2 atom stereocenters. The monoisotopic (exact) mass is 358 g/mol. The quantitative estimate of drug-likeness (QED) is 0.853. The van der Waals surface area contributed by atoms with Gasteiger partial charge in [-0.15, -0.1) is 0 Å². The van der Waals surface area contributed by atoms with Gasteiger partial charge in [0.25, 0.3) is 0 Å². The molecular weight excluding hydrogens is 332 g/mol. The minimum atomic E-state index is -0.578. The van der Waals surface area contributed by atoms with Gasteiger partial charge in [0.05, 0.1) is 18.0 Å². The highest BCUT2D eigenvalue weighted by molar-refractivity contribution is 5.93. The topological polar surface area (TPSA) is 69.6 Å². The molecule has 1 saturated heterocycles. The third-order valence-electron chi connectivity index (χ3n) is 4.54. The number of para-hydroxylation sites is 1. The van der Waals surface area contributed by atoms with E-state index in [2.05, 4.69) is 5.32 Å². The summed E-state index contributed by atoms with van der Waals surface area (Å²) in [6.07, 6.45) is 1.39. The first-order valence-electron chi connectivity index (χ1n) is 9.02. The normalized spacial score (nSPS) is 20.3. The van der Waals surface area contributed by atoms with E-state index in [9.17, 15) is 9.59 Å². The molecule has 1 aliphatic heterocycles. The van der Waals surface area contributed by atoms with Crippen LogP contribution in [0.25, 0.3) is 10.9 Å². The summed E-state index contributed by atoms with van der Waals surface area (Å²) in [7, 11) is 0.